The summed E-state index contributed by atoms with van der Waals surface area (Å²) in [6.07, 6.45) is 0. The van der Waals surface area contributed by atoms with Crippen LogP contribution in [0.15, 0.2) is 126 Å². The number of hydrogen-bond donors (Lipinski definition) is 0. The Morgan fingerprint density at radius 2 is 1.33 bits per heavy atom. The van der Waals surface area contributed by atoms with Crippen LogP contribution >= 0.6 is 0 Å². The largest absolute Gasteiger partial charge is 0.455 e. The zero-order chi connectivity index (χ0) is 36.3. The normalized spacial score (nSPS) is 12.1. The fourth-order valence-corrected chi connectivity index (χ4v) is 8.72. The van der Waals surface area contributed by atoms with E-state index in [2.05, 4.69) is 137 Å². The third-order valence-corrected chi connectivity index (χ3v) is 12.4. The molecule has 0 fully saturated rings. The van der Waals surface area contributed by atoms with Gasteiger partial charge >= 0.3 is 0 Å². The number of hydrogen-bond acceptors (Lipinski definition) is 3. The van der Waals surface area contributed by atoms with Crippen LogP contribution in [0.5, 0.6) is 0 Å². The van der Waals surface area contributed by atoms with Gasteiger partial charge in [0.2, 0.25) is 0 Å². The number of nitrogens with zero attached hydrogens (tertiary/aromatic N) is 3. The number of furan rings is 1. The molecule has 8 aromatic rings. The number of rotatable bonds is 7. The third kappa shape index (κ3) is 5.64. The smallest absolute Gasteiger partial charge is 0.149 e. The molecule has 2 heterocycles. The molecule has 0 unspecified atom stereocenters. The summed E-state index contributed by atoms with van der Waals surface area (Å²) in [4.78, 5) is 5.35. The fourth-order valence-electron chi connectivity index (χ4n) is 7.55. The Kier molecular flexibility index (Phi) is 8.24. The molecule has 52 heavy (non-hydrogen) atoms. The van der Waals surface area contributed by atoms with Crippen LogP contribution in [0.1, 0.15) is 56.2 Å². The minimum Gasteiger partial charge on any atom is -0.455 e. The topological polar surface area (TPSA) is 54.8 Å². The number of nitriles is 1. The molecule has 0 bridgehead atoms. The highest BCUT2D eigenvalue weighted by molar-refractivity contribution is 6.88. The van der Waals surface area contributed by atoms with Crippen molar-refractivity contribution in [3.05, 3.63) is 138 Å². The molecule has 0 atom stereocenters. The standard InChI is InChI=1S/C47H43N3OSi/c1-29(2)38-24-33(31-20-22-35(23-21-31)52(5,6)7)25-39(30(3)4)45(38)50-43-19-12-11-18-42(43)49-47(50)37-17-13-16-36-41-26-34(28-48)40(27-44(41)51-46(36)37)32-14-9-8-10-15-32/h8-27,29-30H,1-7H3. The van der Waals surface area contributed by atoms with Crippen molar-refractivity contribution in [3.8, 4) is 45.4 Å². The summed E-state index contributed by atoms with van der Waals surface area (Å²) in [6, 6.07) is 45.2. The first-order valence-electron chi connectivity index (χ1n) is 18.2. The van der Waals surface area contributed by atoms with Crippen molar-refractivity contribution in [2.75, 3.05) is 0 Å². The van der Waals surface area contributed by atoms with Crippen molar-refractivity contribution in [3.63, 3.8) is 0 Å². The number of imidazole rings is 1. The molecule has 8 rings (SSSR count). The summed E-state index contributed by atoms with van der Waals surface area (Å²) in [6.45, 7) is 16.3. The van der Waals surface area contributed by atoms with Crippen LogP contribution in [-0.2, 0) is 0 Å². The molecule has 0 radical (unpaired) electrons. The molecule has 0 saturated carbocycles. The monoisotopic (exact) mass is 693 g/mol. The first kappa shape index (κ1) is 33.4. The Morgan fingerprint density at radius 1 is 0.654 bits per heavy atom. The number of fused-ring (bicyclic) bond motifs is 4. The van der Waals surface area contributed by atoms with Gasteiger partial charge in [0.1, 0.15) is 17.0 Å². The van der Waals surface area contributed by atoms with E-state index in [0.717, 1.165) is 55.5 Å². The van der Waals surface area contributed by atoms with E-state index in [1.54, 1.807) is 0 Å². The van der Waals surface area contributed by atoms with Gasteiger partial charge in [-0.05, 0) is 82.1 Å². The Balaban J connectivity index is 1.39. The molecule has 0 N–H and O–H groups in total. The molecule has 0 saturated heterocycles. The Labute approximate surface area is 307 Å². The van der Waals surface area contributed by atoms with Crippen molar-refractivity contribution in [2.24, 2.45) is 0 Å². The van der Waals surface area contributed by atoms with Crippen molar-refractivity contribution in [1.82, 2.24) is 9.55 Å². The van der Waals surface area contributed by atoms with Gasteiger partial charge in [0.05, 0.1) is 42.0 Å². The highest BCUT2D eigenvalue weighted by Gasteiger charge is 2.26. The first-order valence-corrected chi connectivity index (χ1v) is 21.7. The molecule has 0 aliphatic heterocycles. The van der Waals surface area contributed by atoms with Crippen LogP contribution in [0.2, 0.25) is 19.6 Å². The molecule has 2 aromatic heterocycles. The van der Waals surface area contributed by atoms with Crippen molar-refractivity contribution >= 4 is 46.2 Å². The van der Waals surface area contributed by atoms with Gasteiger partial charge in [0, 0.05) is 16.3 Å². The van der Waals surface area contributed by atoms with Gasteiger partial charge in [0.25, 0.3) is 0 Å². The second-order valence-electron chi connectivity index (χ2n) is 15.6. The SMILES string of the molecule is CC(C)c1cc(-c2ccc([Si](C)(C)C)cc2)cc(C(C)C)c1-n1c(-c2cccc3c2oc2cc(-c4ccccc4)c(C#N)cc23)nc2ccccc21. The van der Waals surface area contributed by atoms with E-state index in [4.69, 9.17) is 9.40 Å². The molecule has 0 aliphatic rings. The zero-order valence-corrected chi connectivity index (χ0v) is 32.0. The predicted octanol–water partition coefficient (Wildman–Crippen LogP) is 12.6. The maximum Gasteiger partial charge on any atom is 0.149 e. The Hall–Kier alpha value is -5.70. The highest BCUT2D eigenvalue weighted by Crippen LogP contribution is 2.43. The van der Waals surface area contributed by atoms with Crippen LogP contribution in [0.4, 0.5) is 0 Å². The quantitative estimate of drug-likeness (QED) is 0.156. The van der Waals surface area contributed by atoms with Crippen LogP contribution < -0.4 is 5.19 Å². The lowest BCUT2D eigenvalue weighted by Crippen LogP contribution is -2.37. The van der Waals surface area contributed by atoms with E-state index >= 15 is 0 Å². The maximum absolute atomic E-state index is 10.2. The first-order chi connectivity index (χ1) is 25.0. The molecule has 6 aromatic carbocycles. The zero-order valence-electron chi connectivity index (χ0n) is 31.0. The second kappa shape index (κ2) is 12.8. The molecule has 4 nitrogen and oxygen atoms in total. The Morgan fingerprint density at radius 3 is 1.98 bits per heavy atom. The van der Waals surface area contributed by atoms with Gasteiger partial charge in [-0.25, -0.2) is 4.98 Å². The van der Waals surface area contributed by atoms with E-state index < -0.39 is 8.07 Å². The van der Waals surface area contributed by atoms with Crippen molar-refractivity contribution < 1.29 is 4.42 Å². The van der Waals surface area contributed by atoms with Gasteiger partial charge in [0.15, 0.2) is 0 Å². The summed E-state index contributed by atoms with van der Waals surface area (Å²) in [7, 11) is -1.41. The summed E-state index contributed by atoms with van der Waals surface area (Å²) < 4.78 is 9.16. The van der Waals surface area contributed by atoms with E-state index in [9.17, 15) is 5.26 Å². The molecule has 0 spiro atoms. The molecule has 0 aliphatic carbocycles. The van der Waals surface area contributed by atoms with Gasteiger partial charge in [-0.2, -0.15) is 5.26 Å². The predicted molar refractivity (Wildman–Crippen MR) is 221 cm³/mol. The lowest BCUT2D eigenvalue weighted by molar-refractivity contribution is 0.669. The third-order valence-electron chi connectivity index (χ3n) is 10.4. The molecular weight excluding hydrogens is 651 g/mol. The molecule has 0 amide bonds. The number of aromatic nitrogens is 2. The summed E-state index contributed by atoms with van der Waals surface area (Å²) in [5.74, 6) is 1.35. The molecular formula is C47H43N3OSi. The summed E-state index contributed by atoms with van der Waals surface area (Å²) >= 11 is 0. The van der Waals surface area contributed by atoms with Crippen molar-refractivity contribution in [1.29, 1.82) is 5.26 Å². The van der Waals surface area contributed by atoms with Gasteiger partial charge in [-0.15, -0.1) is 0 Å². The van der Waals surface area contributed by atoms with Crippen molar-refractivity contribution in [2.45, 2.75) is 59.2 Å². The van der Waals surface area contributed by atoms with Gasteiger partial charge in [-0.3, -0.25) is 4.57 Å². The number of para-hydroxylation sites is 3. The minimum atomic E-state index is -1.41. The van der Waals surface area contributed by atoms with Crippen LogP contribution in [0, 0.1) is 11.3 Å². The van der Waals surface area contributed by atoms with Crippen LogP contribution in [0.25, 0.3) is 72.3 Å². The maximum atomic E-state index is 10.2. The second-order valence-corrected chi connectivity index (χ2v) is 20.6. The summed E-state index contributed by atoms with van der Waals surface area (Å²) in [5.41, 5.74) is 13.1. The van der Waals surface area contributed by atoms with Crippen LogP contribution in [0.3, 0.4) is 0 Å². The van der Waals surface area contributed by atoms with E-state index in [1.165, 1.54) is 33.1 Å². The van der Waals surface area contributed by atoms with Gasteiger partial charge in [-0.1, -0.05) is 131 Å². The average molecular weight is 694 g/mol. The lowest BCUT2D eigenvalue weighted by atomic mass is 9.88. The van der Waals surface area contributed by atoms with Gasteiger partial charge < -0.3 is 4.42 Å². The Bertz CT molecular complexity index is 2640. The van der Waals surface area contributed by atoms with E-state index in [1.807, 2.05) is 42.5 Å². The number of benzene rings is 6. The fraction of sp³-hybridized carbons (Fsp3) is 0.191. The average Bonchev–Trinajstić information content (AvgIpc) is 3.72. The van der Waals surface area contributed by atoms with E-state index in [0.29, 0.717) is 5.56 Å². The van der Waals surface area contributed by atoms with Crippen LogP contribution in [-0.4, -0.2) is 17.6 Å². The highest BCUT2D eigenvalue weighted by atomic mass is 28.3. The lowest BCUT2D eigenvalue weighted by Gasteiger charge is -2.24. The minimum absolute atomic E-state index is 0.255. The molecule has 5 heteroatoms. The summed E-state index contributed by atoms with van der Waals surface area (Å²) in [5, 5.41) is 13.6. The van der Waals surface area contributed by atoms with E-state index in [-0.39, 0.29) is 11.8 Å². The molecule has 256 valence electrons.